The lowest BCUT2D eigenvalue weighted by Crippen LogP contribution is -2.41. The molecule has 1 fully saturated rings. The van der Waals surface area contributed by atoms with Crippen LogP contribution in [0.4, 0.5) is 15.0 Å². The lowest BCUT2D eigenvalue weighted by atomic mass is 10.1. The van der Waals surface area contributed by atoms with Crippen molar-refractivity contribution in [1.29, 1.82) is 0 Å². The Kier molecular flexibility index (Phi) is 6.13. The molecule has 0 bridgehead atoms. The molecule has 23 heavy (non-hydrogen) atoms. The summed E-state index contributed by atoms with van der Waals surface area (Å²) in [5.74, 6) is 0.369. The molecule has 0 aliphatic carbocycles. The molecule has 1 saturated heterocycles. The molecule has 0 N–H and O–H groups in total. The van der Waals surface area contributed by atoms with Gasteiger partial charge in [-0.3, -0.25) is 4.90 Å². The van der Waals surface area contributed by atoms with Gasteiger partial charge in [0.1, 0.15) is 11.9 Å². The number of carbonyl (C=O) groups excluding carboxylic acids is 1. The van der Waals surface area contributed by atoms with Gasteiger partial charge >= 0.3 is 6.03 Å². The van der Waals surface area contributed by atoms with Crippen LogP contribution in [0.15, 0.2) is 18.2 Å². The fourth-order valence-corrected chi connectivity index (χ4v) is 3.82. The third kappa shape index (κ3) is 3.74. The van der Waals surface area contributed by atoms with E-state index >= 15 is 0 Å². The van der Waals surface area contributed by atoms with Crippen molar-refractivity contribution in [1.82, 2.24) is 9.65 Å². The Hall–Kier alpha value is -0.600. The highest BCUT2D eigenvalue weighted by Crippen LogP contribution is 2.41. The Morgan fingerprint density at radius 3 is 2.48 bits per heavy atom. The summed E-state index contributed by atoms with van der Waals surface area (Å²) in [5.41, 5.74) is 0.450. The van der Waals surface area contributed by atoms with E-state index < -0.39 is 16.4 Å². The van der Waals surface area contributed by atoms with Crippen molar-refractivity contribution < 1.29 is 14.0 Å². The highest BCUT2D eigenvalue weighted by atomic mass is 35.5. The number of carbonyl (C=O) groups is 1. The van der Waals surface area contributed by atoms with E-state index in [1.165, 1.54) is 12.0 Å². The average molecular weight is 403 g/mol. The Morgan fingerprint density at radius 2 is 2.00 bits per heavy atom. The third-order valence-corrected chi connectivity index (χ3v) is 4.73. The topological polar surface area (TPSA) is 36.0 Å². The number of hydrazine groups is 1. The maximum Gasteiger partial charge on any atom is 0.370 e. The zero-order chi connectivity index (χ0) is 17.3. The first kappa shape index (κ1) is 18.7. The Balaban J connectivity index is 2.42. The molecule has 1 heterocycles. The fraction of sp³-hybridized carbons (Fsp3) is 0.462. The summed E-state index contributed by atoms with van der Waals surface area (Å²) in [4.78, 5) is 13.6. The van der Waals surface area contributed by atoms with Crippen molar-refractivity contribution in [3.63, 3.8) is 0 Å². The lowest BCUT2D eigenvalue weighted by Gasteiger charge is -2.30. The van der Waals surface area contributed by atoms with E-state index in [-0.39, 0.29) is 11.1 Å². The second kappa shape index (κ2) is 7.53. The fourth-order valence-electron chi connectivity index (χ4n) is 2.30. The molecule has 0 aromatic heterocycles. The second-order valence-corrected chi connectivity index (χ2v) is 8.14. The molecule has 0 spiro atoms. The SMILES string of the molecule is COc1ccc(N2C(=O)N(F)N(SC(Cl)Cl)C2C(C)C)cc1Cl. The van der Waals surface area contributed by atoms with Crippen molar-refractivity contribution in [2.45, 2.75) is 24.2 Å². The molecule has 1 unspecified atom stereocenters. The van der Waals surface area contributed by atoms with Crippen molar-refractivity contribution in [2.24, 2.45) is 5.92 Å². The molecule has 0 radical (unpaired) electrons. The minimum Gasteiger partial charge on any atom is -0.495 e. The molecule has 1 aromatic rings. The number of amides is 2. The lowest BCUT2D eigenvalue weighted by molar-refractivity contribution is -0.0519. The van der Waals surface area contributed by atoms with Gasteiger partial charge in [0.2, 0.25) is 0 Å². The van der Waals surface area contributed by atoms with E-state index in [4.69, 9.17) is 39.5 Å². The van der Waals surface area contributed by atoms with Crippen LogP contribution in [0.3, 0.4) is 0 Å². The summed E-state index contributed by atoms with van der Waals surface area (Å²) in [6.07, 6.45) is -0.609. The molecule has 2 rings (SSSR count). The quantitative estimate of drug-likeness (QED) is 0.391. The van der Waals surface area contributed by atoms with Crippen LogP contribution in [0.25, 0.3) is 0 Å². The highest BCUT2D eigenvalue weighted by Gasteiger charge is 2.48. The zero-order valence-electron chi connectivity index (χ0n) is 12.5. The number of halogens is 4. The van der Waals surface area contributed by atoms with Gasteiger partial charge in [-0.2, -0.15) is 0 Å². The molecule has 1 aromatic carbocycles. The monoisotopic (exact) mass is 401 g/mol. The predicted molar refractivity (Wildman–Crippen MR) is 92.4 cm³/mol. The number of hydrogen-bond donors (Lipinski definition) is 0. The molecule has 0 saturated carbocycles. The first-order valence-electron chi connectivity index (χ1n) is 6.64. The van der Waals surface area contributed by atoms with E-state index in [0.717, 1.165) is 16.4 Å². The van der Waals surface area contributed by atoms with Crippen LogP contribution in [0.2, 0.25) is 5.02 Å². The molecule has 10 heteroatoms. The van der Waals surface area contributed by atoms with Crippen molar-refractivity contribution in [3.8, 4) is 5.75 Å². The number of methoxy groups -OCH3 is 1. The minimum absolute atomic E-state index is 0.00519. The Bertz CT molecular complexity index is 594. The number of anilines is 1. The molecule has 2 amide bonds. The number of urea groups is 1. The van der Waals surface area contributed by atoms with Crippen LogP contribution < -0.4 is 9.64 Å². The summed E-state index contributed by atoms with van der Waals surface area (Å²) < 4.78 is 19.6. The molecule has 128 valence electrons. The summed E-state index contributed by atoms with van der Waals surface area (Å²) in [6.45, 7) is 3.72. The van der Waals surface area contributed by atoms with Crippen LogP contribution in [0, 0.1) is 5.92 Å². The molecule has 5 nitrogen and oxygen atoms in total. The second-order valence-electron chi connectivity index (χ2n) is 5.06. The maximum atomic E-state index is 14.3. The summed E-state index contributed by atoms with van der Waals surface area (Å²) in [5, 5.41) is 0.329. The average Bonchev–Trinajstić information content (AvgIpc) is 2.71. The van der Waals surface area contributed by atoms with Gasteiger partial charge in [-0.15, -0.1) is 4.41 Å². The Morgan fingerprint density at radius 1 is 1.35 bits per heavy atom. The van der Waals surface area contributed by atoms with Gasteiger partial charge < -0.3 is 4.74 Å². The van der Waals surface area contributed by atoms with Crippen molar-refractivity contribution >= 4 is 58.5 Å². The van der Waals surface area contributed by atoms with E-state index in [9.17, 15) is 9.28 Å². The van der Waals surface area contributed by atoms with Crippen LogP contribution in [-0.2, 0) is 0 Å². The van der Waals surface area contributed by atoms with Gasteiger partial charge in [-0.1, -0.05) is 58.4 Å². The summed E-state index contributed by atoms with van der Waals surface area (Å²) in [7, 11) is 1.49. The van der Waals surface area contributed by atoms with Gasteiger partial charge in [0.15, 0.2) is 4.17 Å². The summed E-state index contributed by atoms with van der Waals surface area (Å²) in [6, 6.07) is 3.96. The summed E-state index contributed by atoms with van der Waals surface area (Å²) >= 11 is 18.4. The number of rotatable bonds is 5. The normalized spacial score (nSPS) is 19.3. The molecular formula is C13H15Cl3FN3O2S. The number of benzene rings is 1. The first-order valence-corrected chi connectivity index (χ1v) is 8.73. The first-order chi connectivity index (χ1) is 10.8. The standard InChI is InChI=1S/C13H15Cl3FN3O2S/c1-7(2)11-18(8-4-5-10(22-3)9(14)6-8)13(21)19(17)20(11)23-12(15)16/h4-7,11-12H,1-3H3. The Labute approximate surface area is 153 Å². The zero-order valence-corrected chi connectivity index (χ0v) is 15.6. The molecule has 1 atom stereocenters. The van der Waals surface area contributed by atoms with Crippen LogP contribution >= 0.6 is 46.8 Å². The number of hydrogen-bond acceptors (Lipinski definition) is 4. The van der Waals surface area contributed by atoms with E-state index in [1.54, 1.807) is 18.2 Å². The maximum absolute atomic E-state index is 14.3. The van der Waals surface area contributed by atoms with Crippen molar-refractivity contribution in [2.75, 3.05) is 12.0 Å². The van der Waals surface area contributed by atoms with Gasteiger partial charge in [-0.05, 0) is 36.1 Å². The van der Waals surface area contributed by atoms with Gasteiger partial charge in [0.05, 0.1) is 12.1 Å². The predicted octanol–water partition coefficient (Wildman–Crippen LogP) is 5.08. The highest BCUT2D eigenvalue weighted by molar-refractivity contribution is 8.00. The molecule has 1 aliphatic heterocycles. The van der Waals surface area contributed by atoms with Gasteiger partial charge in [-0.25, -0.2) is 4.79 Å². The largest absolute Gasteiger partial charge is 0.495 e. The van der Waals surface area contributed by atoms with E-state index in [0.29, 0.717) is 16.5 Å². The van der Waals surface area contributed by atoms with E-state index in [1.807, 2.05) is 13.8 Å². The number of nitrogens with zero attached hydrogens (tertiary/aromatic N) is 3. The minimum atomic E-state index is -0.915. The van der Waals surface area contributed by atoms with Crippen LogP contribution in [0.5, 0.6) is 5.75 Å². The number of alkyl halides is 2. The van der Waals surface area contributed by atoms with Crippen LogP contribution in [-0.4, -0.2) is 33.1 Å². The third-order valence-electron chi connectivity index (χ3n) is 3.23. The van der Waals surface area contributed by atoms with Gasteiger partial charge in [0, 0.05) is 5.69 Å². The smallest absolute Gasteiger partial charge is 0.370 e. The van der Waals surface area contributed by atoms with Crippen LogP contribution in [0.1, 0.15) is 13.8 Å². The molecular weight excluding hydrogens is 388 g/mol. The number of ether oxygens (including phenoxy) is 1. The van der Waals surface area contributed by atoms with Crippen molar-refractivity contribution in [3.05, 3.63) is 23.2 Å². The van der Waals surface area contributed by atoms with Gasteiger partial charge in [0.25, 0.3) is 0 Å². The molecule has 1 aliphatic rings. The van der Waals surface area contributed by atoms with E-state index in [2.05, 4.69) is 0 Å².